The fraction of sp³-hybridized carbons (Fsp3) is 0.250. The summed E-state index contributed by atoms with van der Waals surface area (Å²) in [5, 5.41) is 12.8. The molecule has 7 heteroatoms. The van der Waals surface area contributed by atoms with Gasteiger partial charge in [0.15, 0.2) is 0 Å². The Kier molecular flexibility index (Phi) is 7.10. The molecule has 0 saturated carbocycles. The van der Waals surface area contributed by atoms with Gasteiger partial charge in [0.25, 0.3) is 0 Å². The van der Waals surface area contributed by atoms with Crippen LogP contribution < -0.4 is 4.74 Å². The van der Waals surface area contributed by atoms with E-state index in [9.17, 15) is 0 Å². The highest BCUT2D eigenvalue weighted by Crippen LogP contribution is 2.23. The van der Waals surface area contributed by atoms with Crippen LogP contribution in [0.25, 0.3) is 10.4 Å². The summed E-state index contributed by atoms with van der Waals surface area (Å²) in [5.41, 5.74) is 10.3. The first-order chi connectivity index (χ1) is 11.3. The van der Waals surface area contributed by atoms with Crippen LogP contribution in [0.3, 0.4) is 0 Å². The number of azo groups is 1. The number of benzene rings is 2. The molecule has 2 aromatic rings. The van der Waals surface area contributed by atoms with E-state index < -0.39 is 0 Å². The minimum atomic E-state index is 0.549. The number of hydrogen-bond acceptors (Lipinski definition) is 4. The third kappa shape index (κ3) is 6.10. The van der Waals surface area contributed by atoms with E-state index in [2.05, 4.69) is 36.2 Å². The summed E-state index contributed by atoms with van der Waals surface area (Å²) in [7, 11) is 0. The summed E-state index contributed by atoms with van der Waals surface area (Å²) in [4.78, 5) is 2.73. The molecule has 0 fully saturated rings. The van der Waals surface area contributed by atoms with Crippen molar-refractivity contribution in [1.82, 2.24) is 0 Å². The SMILES string of the molecule is [N-]=[N+]=Nc1ccc(N=Nc2ccc(OCCCCBr)cc2)cc1. The molecule has 118 valence electrons. The first-order valence-electron chi connectivity index (χ1n) is 7.17. The van der Waals surface area contributed by atoms with E-state index in [1.807, 2.05) is 24.3 Å². The number of unbranched alkanes of at least 4 members (excludes halogenated alkanes) is 1. The van der Waals surface area contributed by atoms with Crippen LogP contribution in [0.15, 0.2) is 63.9 Å². The van der Waals surface area contributed by atoms with Crippen LogP contribution in [0.2, 0.25) is 0 Å². The summed E-state index contributed by atoms with van der Waals surface area (Å²) in [6.45, 7) is 0.712. The van der Waals surface area contributed by atoms with Gasteiger partial charge in [0.05, 0.1) is 18.0 Å². The van der Waals surface area contributed by atoms with Crippen molar-refractivity contribution in [3.8, 4) is 5.75 Å². The molecule has 0 aliphatic heterocycles. The Morgan fingerprint density at radius 3 is 2.00 bits per heavy atom. The standard InChI is InChI=1S/C16H16BrN5O/c17-11-1-2-12-23-16-9-7-14(8-10-16)20-19-13-3-5-15(6-4-13)21-22-18/h3-10H,1-2,11-12H2. The van der Waals surface area contributed by atoms with Gasteiger partial charge in [-0.05, 0) is 54.8 Å². The first-order valence-corrected chi connectivity index (χ1v) is 8.30. The lowest BCUT2D eigenvalue weighted by molar-refractivity contribution is 0.310. The quantitative estimate of drug-likeness (QED) is 0.168. The van der Waals surface area contributed by atoms with Gasteiger partial charge in [-0.2, -0.15) is 10.2 Å². The highest BCUT2D eigenvalue weighted by Gasteiger charge is 1.96. The molecule has 23 heavy (non-hydrogen) atoms. The van der Waals surface area contributed by atoms with E-state index in [4.69, 9.17) is 10.3 Å². The summed E-state index contributed by atoms with van der Waals surface area (Å²) >= 11 is 3.39. The van der Waals surface area contributed by atoms with Crippen LogP contribution in [0.5, 0.6) is 5.75 Å². The van der Waals surface area contributed by atoms with E-state index in [1.165, 1.54) is 0 Å². The zero-order chi connectivity index (χ0) is 16.3. The van der Waals surface area contributed by atoms with Gasteiger partial charge in [0, 0.05) is 15.9 Å². The summed E-state index contributed by atoms with van der Waals surface area (Å²) in [6, 6.07) is 14.4. The lowest BCUT2D eigenvalue weighted by Gasteiger charge is -2.05. The average Bonchev–Trinajstić information content (AvgIpc) is 2.59. The second-order valence-corrected chi connectivity index (χ2v) is 5.44. The van der Waals surface area contributed by atoms with Crippen LogP contribution >= 0.6 is 15.9 Å². The Balaban J connectivity index is 1.90. The van der Waals surface area contributed by atoms with Crippen molar-refractivity contribution < 1.29 is 4.74 Å². The Morgan fingerprint density at radius 1 is 0.870 bits per heavy atom. The zero-order valence-electron chi connectivity index (χ0n) is 12.5. The minimum Gasteiger partial charge on any atom is -0.494 e. The Hall–Kier alpha value is -2.37. The Morgan fingerprint density at radius 2 is 1.43 bits per heavy atom. The molecule has 6 nitrogen and oxygen atoms in total. The van der Waals surface area contributed by atoms with Crippen LogP contribution in [-0.4, -0.2) is 11.9 Å². The fourth-order valence-corrected chi connectivity index (χ4v) is 2.15. The maximum Gasteiger partial charge on any atom is 0.119 e. The molecule has 0 amide bonds. The van der Waals surface area contributed by atoms with Gasteiger partial charge >= 0.3 is 0 Å². The molecule has 0 unspecified atom stereocenters. The van der Waals surface area contributed by atoms with E-state index in [1.54, 1.807) is 24.3 Å². The Bertz CT molecular complexity index is 679. The van der Waals surface area contributed by atoms with Crippen LogP contribution in [0.4, 0.5) is 17.1 Å². The van der Waals surface area contributed by atoms with E-state index in [0.29, 0.717) is 18.0 Å². The van der Waals surface area contributed by atoms with E-state index >= 15 is 0 Å². The number of alkyl halides is 1. The molecule has 0 radical (unpaired) electrons. The molecule has 0 saturated heterocycles. The largest absolute Gasteiger partial charge is 0.494 e. The molecule has 0 N–H and O–H groups in total. The second-order valence-electron chi connectivity index (χ2n) is 4.64. The van der Waals surface area contributed by atoms with Gasteiger partial charge in [-0.1, -0.05) is 33.2 Å². The van der Waals surface area contributed by atoms with E-state index in [-0.39, 0.29) is 0 Å². The minimum absolute atomic E-state index is 0.549. The lowest BCUT2D eigenvalue weighted by Crippen LogP contribution is -1.96. The normalized spacial score (nSPS) is 10.5. The van der Waals surface area contributed by atoms with Crippen LogP contribution in [-0.2, 0) is 0 Å². The molecule has 0 heterocycles. The first kappa shape index (κ1) is 17.0. The van der Waals surface area contributed by atoms with Crippen molar-refractivity contribution in [3.63, 3.8) is 0 Å². The number of nitrogens with zero attached hydrogens (tertiary/aromatic N) is 5. The molecule has 0 aromatic heterocycles. The second kappa shape index (κ2) is 9.61. The number of ether oxygens (including phenoxy) is 1. The molecule has 0 atom stereocenters. The third-order valence-corrected chi connectivity index (χ3v) is 3.48. The molecule has 2 aromatic carbocycles. The van der Waals surface area contributed by atoms with Crippen molar-refractivity contribution in [3.05, 3.63) is 59.0 Å². The van der Waals surface area contributed by atoms with Crippen LogP contribution in [0.1, 0.15) is 12.8 Å². The predicted octanol–water partition coefficient (Wildman–Crippen LogP) is 6.60. The van der Waals surface area contributed by atoms with Gasteiger partial charge in [-0.3, -0.25) is 0 Å². The summed E-state index contributed by atoms with van der Waals surface area (Å²) < 4.78 is 5.63. The van der Waals surface area contributed by atoms with E-state index in [0.717, 1.165) is 29.6 Å². The maximum absolute atomic E-state index is 8.35. The number of rotatable bonds is 8. The molecule has 0 aliphatic rings. The summed E-state index contributed by atoms with van der Waals surface area (Å²) in [6.07, 6.45) is 2.13. The number of halogens is 1. The number of hydrogen-bond donors (Lipinski definition) is 0. The van der Waals surface area contributed by atoms with Gasteiger partial charge in [-0.15, -0.1) is 0 Å². The monoisotopic (exact) mass is 373 g/mol. The maximum atomic E-state index is 8.35. The van der Waals surface area contributed by atoms with Crippen molar-refractivity contribution in [1.29, 1.82) is 0 Å². The molecular formula is C16H16BrN5O. The molecular weight excluding hydrogens is 358 g/mol. The number of azide groups is 1. The summed E-state index contributed by atoms with van der Waals surface area (Å²) in [5.74, 6) is 0.831. The van der Waals surface area contributed by atoms with Gasteiger partial charge in [-0.25, -0.2) is 0 Å². The molecule has 2 rings (SSSR count). The van der Waals surface area contributed by atoms with Crippen molar-refractivity contribution in [2.24, 2.45) is 15.3 Å². The molecule has 0 spiro atoms. The third-order valence-electron chi connectivity index (χ3n) is 2.92. The topological polar surface area (TPSA) is 82.7 Å². The predicted molar refractivity (Wildman–Crippen MR) is 94.4 cm³/mol. The van der Waals surface area contributed by atoms with Gasteiger partial charge in [0.1, 0.15) is 5.75 Å². The average molecular weight is 374 g/mol. The lowest BCUT2D eigenvalue weighted by atomic mass is 10.3. The fourth-order valence-electron chi connectivity index (χ4n) is 1.75. The molecule has 0 bridgehead atoms. The van der Waals surface area contributed by atoms with Crippen molar-refractivity contribution in [2.45, 2.75) is 12.8 Å². The van der Waals surface area contributed by atoms with Crippen LogP contribution in [0, 0.1) is 0 Å². The van der Waals surface area contributed by atoms with Crippen molar-refractivity contribution in [2.75, 3.05) is 11.9 Å². The smallest absolute Gasteiger partial charge is 0.119 e. The molecule has 0 aliphatic carbocycles. The highest BCUT2D eigenvalue weighted by molar-refractivity contribution is 9.09. The highest BCUT2D eigenvalue weighted by atomic mass is 79.9. The van der Waals surface area contributed by atoms with Crippen molar-refractivity contribution >= 4 is 33.0 Å². The van der Waals surface area contributed by atoms with Gasteiger partial charge < -0.3 is 4.74 Å². The zero-order valence-corrected chi connectivity index (χ0v) is 14.1. The Labute approximate surface area is 143 Å². The van der Waals surface area contributed by atoms with Gasteiger partial charge in [0.2, 0.25) is 0 Å².